The Labute approximate surface area is 105 Å². The van der Waals surface area contributed by atoms with Crippen LogP contribution in [-0.2, 0) is 24.2 Å². The lowest BCUT2D eigenvalue weighted by Crippen LogP contribution is -2.24. The van der Waals surface area contributed by atoms with E-state index in [1.807, 2.05) is 0 Å². The molecule has 0 saturated carbocycles. The summed E-state index contributed by atoms with van der Waals surface area (Å²) in [6.07, 6.45) is 1.31. The lowest BCUT2D eigenvalue weighted by Gasteiger charge is -2.20. The van der Waals surface area contributed by atoms with E-state index in [0.717, 1.165) is 6.26 Å². The fourth-order valence-corrected chi connectivity index (χ4v) is 2.60. The van der Waals surface area contributed by atoms with Gasteiger partial charge in [0, 0.05) is 12.2 Å². The number of carbonyl (C=O) groups is 2. The lowest BCUT2D eigenvalue weighted by atomic mass is 9.91. The molecule has 0 aliphatic carbocycles. The van der Waals surface area contributed by atoms with E-state index in [1.54, 1.807) is 12.1 Å². The van der Waals surface area contributed by atoms with Crippen molar-refractivity contribution < 1.29 is 22.7 Å². The molecule has 0 N–H and O–H groups in total. The number of cyclic esters (lactones) is 2. The average molecular weight is 268 g/mol. The van der Waals surface area contributed by atoms with Crippen molar-refractivity contribution in [2.75, 3.05) is 6.26 Å². The van der Waals surface area contributed by atoms with Gasteiger partial charge >= 0.3 is 11.9 Å². The molecule has 0 aromatic heterocycles. The summed E-state index contributed by atoms with van der Waals surface area (Å²) in [6.45, 7) is 0. The highest BCUT2D eigenvalue weighted by Gasteiger charge is 2.28. The summed E-state index contributed by atoms with van der Waals surface area (Å²) in [6, 6.07) is 6.31. The number of rotatable bonds is 2. The maximum atomic E-state index is 11.4. The number of hydrogen-bond acceptors (Lipinski definition) is 5. The number of sulfone groups is 1. The minimum Gasteiger partial charge on any atom is -0.393 e. The summed E-state index contributed by atoms with van der Waals surface area (Å²) in [7, 11) is -3.29. The van der Waals surface area contributed by atoms with Crippen LogP contribution >= 0.6 is 0 Å². The van der Waals surface area contributed by atoms with Crippen LogP contribution in [0.3, 0.4) is 0 Å². The Balaban J connectivity index is 2.34. The van der Waals surface area contributed by atoms with Crippen LogP contribution in [-0.4, -0.2) is 26.6 Å². The maximum Gasteiger partial charge on any atom is 0.314 e. The Morgan fingerprint density at radius 2 is 1.78 bits per heavy atom. The zero-order valence-electron chi connectivity index (χ0n) is 9.75. The number of benzene rings is 1. The summed E-state index contributed by atoms with van der Waals surface area (Å²) < 4.78 is 27.3. The molecule has 0 radical (unpaired) electrons. The molecule has 96 valence electrons. The van der Waals surface area contributed by atoms with E-state index in [9.17, 15) is 18.0 Å². The van der Waals surface area contributed by atoms with Crippen LogP contribution in [0.4, 0.5) is 0 Å². The molecule has 1 heterocycles. The molecule has 0 atom stereocenters. The van der Waals surface area contributed by atoms with E-state index >= 15 is 0 Å². The van der Waals surface area contributed by atoms with Crippen LogP contribution in [0.1, 0.15) is 24.3 Å². The topological polar surface area (TPSA) is 77.5 Å². The van der Waals surface area contributed by atoms with E-state index in [1.165, 1.54) is 12.1 Å². The van der Waals surface area contributed by atoms with Gasteiger partial charge in [0.2, 0.25) is 0 Å². The highest BCUT2D eigenvalue weighted by molar-refractivity contribution is 7.90. The highest BCUT2D eigenvalue weighted by Crippen LogP contribution is 2.29. The first-order valence-corrected chi connectivity index (χ1v) is 7.29. The molecule has 5 nitrogen and oxygen atoms in total. The predicted molar refractivity (Wildman–Crippen MR) is 62.6 cm³/mol. The SMILES string of the molecule is CS(=O)(=O)c1cccc(C2CC(=O)OC(=O)C2)c1. The van der Waals surface area contributed by atoms with E-state index in [-0.39, 0.29) is 23.7 Å². The van der Waals surface area contributed by atoms with Crippen LogP contribution in [0.5, 0.6) is 0 Å². The molecule has 0 spiro atoms. The second kappa shape index (κ2) is 4.53. The van der Waals surface area contributed by atoms with E-state index in [0.29, 0.717) is 5.56 Å². The predicted octanol–water partition coefficient (Wildman–Crippen LogP) is 1.04. The number of hydrogen-bond donors (Lipinski definition) is 0. The quantitative estimate of drug-likeness (QED) is 0.591. The highest BCUT2D eigenvalue weighted by atomic mass is 32.2. The molecule has 1 aromatic carbocycles. The van der Waals surface area contributed by atoms with Crippen molar-refractivity contribution in [3.8, 4) is 0 Å². The summed E-state index contributed by atoms with van der Waals surface area (Å²) in [5.74, 6) is -1.44. The molecular formula is C12H12O5S. The Morgan fingerprint density at radius 1 is 1.17 bits per heavy atom. The van der Waals surface area contributed by atoms with E-state index in [2.05, 4.69) is 4.74 Å². The van der Waals surface area contributed by atoms with Crippen LogP contribution < -0.4 is 0 Å². The van der Waals surface area contributed by atoms with Gasteiger partial charge in [-0.25, -0.2) is 8.42 Å². The van der Waals surface area contributed by atoms with Gasteiger partial charge in [0.05, 0.1) is 17.7 Å². The molecular weight excluding hydrogens is 256 g/mol. The van der Waals surface area contributed by atoms with Crippen LogP contribution in [0.25, 0.3) is 0 Å². The average Bonchev–Trinajstić information content (AvgIpc) is 2.27. The molecule has 1 fully saturated rings. The molecule has 0 unspecified atom stereocenters. The van der Waals surface area contributed by atoms with Gasteiger partial charge in [0.1, 0.15) is 0 Å². The minimum absolute atomic E-state index is 0.0962. The Hall–Kier alpha value is -1.69. The summed E-state index contributed by atoms with van der Waals surface area (Å²) >= 11 is 0. The van der Waals surface area contributed by atoms with Crippen molar-refractivity contribution in [1.82, 2.24) is 0 Å². The van der Waals surface area contributed by atoms with Crippen molar-refractivity contribution in [2.45, 2.75) is 23.7 Å². The van der Waals surface area contributed by atoms with Gasteiger partial charge in [0.25, 0.3) is 0 Å². The van der Waals surface area contributed by atoms with Crippen molar-refractivity contribution in [3.63, 3.8) is 0 Å². The Bertz CT molecular complexity index is 587. The van der Waals surface area contributed by atoms with Gasteiger partial charge in [-0.2, -0.15) is 0 Å². The number of esters is 2. The minimum atomic E-state index is -3.29. The van der Waals surface area contributed by atoms with E-state index < -0.39 is 21.8 Å². The normalized spacial score (nSPS) is 17.6. The van der Waals surface area contributed by atoms with Gasteiger partial charge in [-0.1, -0.05) is 12.1 Å². The molecule has 1 aliphatic rings. The molecule has 0 amide bonds. The molecule has 0 bridgehead atoms. The van der Waals surface area contributed by atoms with Crippen molar-refractivity contribution in [2.24, 2.45) is 0 Å². The first-order valence-electron chi connectivity index (χ1n) is 5.40. The lowest BCUT2D eigenvalue weighted by molar-refractivity contribution is -0.163. The van der Waals surface area contributed by atoms with Gasteiger partial charge in [0.15, 0.2) is 9.84 Å². The Kier molecular flexibility index (Phi) is 3.21. The van der Waals surface area contributed by atoms with Gasteiger partial charge in [-0.05, 0) is 17.7 Å². The third kappa shape index (κ3) is 2.76. The summed E-state index contributed by atoms with van der Waals surface area (Å²) in [5.41, 5.74) is 0.669. The smallest absolute Gasteiger partial charge is 0.314 e. The fraction of sp³-hybridized carbons (Fsp3) is 0.333. The van der Waals surface area contributed by atoms with Gasteiger partial charge < -0.3 is 4.74 Å². The van der Waals surface area contributed by atoms with Gasteiger partial charge in [-0.3, -0.25) is 9.59 Å². The van der Waals surface area contributed by atoms with Crippen molar-refractivity contribution in [3.05, 3.63) is 29.8 Å². The molecule has 1 saturated heterocycles. The van der Waals surface area contributed by atoms with Crippen LogP contribution in [0, 0.1) is 0 Å². The standard InChI is InChI=1S/C12H12O5S/c1-18(15,16)10-4-2-3-8(5-10)9-6-11(13)17-12(14)7-9/h2-5,9H,6-7H2,1H3. The first kappa shape index (κ1) is 12.8. The van der Waals surface area contributed by atoms with Crippen LogP contribution in [0.15, 0.2) is 29.2 Å². The first-order chi connectivity index (χ1) is 8.36. The maximum absolute atomic E-state index is 11.4. The summed E-state index contributed by atoms with van der Waals surface area (Å²) in [4.78, 5) is 22.5. The molecule has 2 rings (SSSR count). The third-order valence-electron chi connectivity index (χ3n) is 2.81. The number of carbonyl (C=O) groups excluding carboxylic acids is 2. The monoisotopic (exact) mass is 268 g/mol. The molecule has 18 heavy (non-hydrogen) atoms. The van der Waals surface area contributed by atoms with Crippen molar-refractivity contribution >= 4 is 21.8 Å². The molecule has 1 aromatic rings. The second-order valence-electron chi connectivity index (χ2n) is 4.30. The van der Waals surface area contributed by atoms with Gasteiger partial charge in [-0.15, -0.1) is 0 Å². The number of ether oxygens (including phenoxy) is 1. The largest absolute Gasteiger partial charge is 0.393 e. The second-order valence-corrected chi connectivity index (χ2v) is 6.31. The van der Waals surface area contributed by atoms with E-state index in [4.69, 9.17) is 0 Å². The molecule has 6 heteroatoms. The zero-order chi connectivity index (χ0) is 13.3. The fourth-order valence-electron chi connectivity index (χ4n) is 1.92. The summed E-state index contributed by atoms with van der Waals surface area (Å²) in [5, 5.41) is 0. The zero-order valence-corrected chi connectivity index (χ0v) is 10.6. The van der Waals surface area contributed by atoms with Crippen molar-refractivity contribution in [1.29, 1.82) is 0 Å². The third-order valence-corrected chi connectivity index (χ3v) is 3.92. The molecule has 1 aliphatic heterocycles. The Morgan fingerprint density at radius 3 is 2.33 bits per heavy atom. The van der Waals surface area contributed by atoms with Crippen LogP contribution in [0.2, 0.25) is 0 Å².